The van der Waals surface area contributed by atoms with Crippen LogP contribution in [0.5, 0.6) is 0 Å². The summed E-state index contributed by atoms with van der Waals surface area (Å²) in [5.41, 5.74) is -0.528. The van der Waals surface area contributed by atoms with Gasteiger partial charge in [-0.05, 0) is 12.5 Å². The van der Waals surface area contributed by atoms with Gasteiger partial charge >= 0.3 is 6.03 Å². The Morgan fingerprint density at radius 3 is 2.35 bits per heavy atom. The number of urea groups is 1. The van der Waals surface area contributed by atoms with E-state index in [0.717, 1.165) is 6.26 Å². The maximum absolute atomic E-state index is 12.1. The van der Waals surface area contributed by atoms with Crippen molar-refractivity contribution in [3.63, 3.8) is 0 Å². The summed E-state index contributed by atoms with van der Waals surface area (Å²) in [7, 11) is -3.22. The highest BCUT2D eigenvalue weighted by Gasteiger charge is 2.50. The van der Waals surface area contributed by atoms with Crippen LogP contribution in [0.3, 0.4) is 0 Å². The molecule has 1 saturated heterocycles. The number of imide groups is 1. The third-order valence-corrected chi connectivity index (χ3v) is 4.39. The minimum atomic E-state index is -3.22. The van der Waals surface area contributed by atoms with Crippen LogP contribution in [-0.4, -0.2) is 43.8 Å². The number of benzene rings is 1. The Kier molecular flexibility index (Phi) is 3.56. The van der Waals surface area contributed by atoms with Gasteiger partial charge in [0, 0.05) is 12.8 Å². The molecular weight excluding hydrogens is 280 g/mol. The first kappa shape index (κ1) is 14.5. The van der Waals surface area contributed by atoms with Crippen molar-refractivity contribution < 1.29 is 18.0 Å². The van der Waals surface area contributed by atoms with Crippen molar-refractivity contribution in [1.82, 2.24) is 10.2 Å². The Morgan fingerprint density at radius 2 is 1.80 bits per heavy atom. The van der Waals surface area contributed by atoms with Crippen LogP contribution < -0.4 is 5.32 Å². The normalized spacial score (nSPS) is 23.0. The predicted molar refractivity (Wildman–Crippen MR) is 73.7 cm³/mol. The first-order valence-corrected chi connectivity index (χ1v) is 8.17. The van der Waals surface area contributed by atoms with E-state index in [2.05, 4.69) is 5.32 Å². The molecule has 1 aliphatic rings. The fourth-order valence-corrected chi connectivity index (χ4v) is 2.76. The second-order valence-electron chi connectivity index (χ2n) is 4.98. The van der Waals surface area contributed by atoms with E-state index in [0.29, 0.717) is 5.56 Å². The molecule has 2 rings (SSSR count). The standard InChI is InChI=1S/C13H16N2O4S/c1-13(10-6-4-3-5-7-10)11(16)14-12(17)15(13)8-9-20(2,18)19/h3-7H,8-9H2,1-2H3,(H,14,16,17). The van der Waals surface area contributed by atoms with Gasteiger partial charge in [0.25, 0.3) is 5.91 Å². The Labute approximate surface area is 117 Å². The number of nitrogens with one attached hydrogen (secondary N) is 1. The van der Waals surface area contributed by atoms with Gasteiger partial charge in [-0.15, -0.1) is 0 Å². The van der Waals surface area contributed by atoms with Crippen molar-refractivity contribution >= 4 is 21.8 Å². The van der Waals surface area contributed by atoms with Gasteiger partial charge in [0.2, 0.25) is 0 Å². The Morgan fingerprint density at radius 1 is 1.20 bits per heavy atom. The molecule has 6 nitrogen and oxygen atoms in total. The molecule has 0 bridgehead atoms. The van der Waals surface area contributed by atoms with E-state index in [9.17, 15) is 18.0 Å². The summed E-state index contributed by atoms with van der Waals surface area (Å²) < 4.78 is 22.6. The molecule has 1 N–H and O–H groups in total. The molecule has 0 spiro atoms. The lowest BCUT2D eigenvalue weighted by atomic mass is 9.91. The average Bonchev–Trinajstić information content (AvgIpc) is 2.59. The van der Waals surface area contributed by atoms with Crippen LogP contribution in [0.1, 0.15) is 12.5 Å². The van der Waals surface area contributed by atoms with Gasteiger partial charge in [-0.1, -0.05) is 30.3 Å². The van der Waals surface area contributed by atoms with E-state index < -0.39 is 27.3 Å². The molecule has 0 aliphatic carbocycles. The molecule has 108 valence electrons. The summed E-state index contributed by atoms with van der Waals surface area (Å²) in [4.78, 5) is 25.3. The summed E-state index contributed by atoms with van der Waals surface area (Å²) in [6, 6.07) is 8.26. The van der Waals surface area contributed by atoms with Gasteiger partial charge < -0.3 is 4.90 Å². The average molecular weight is 296 g/mol. The summed E-state index contributed by atoms with van der Waals surface area (Å²) in [5.74, 6) is -0.627. The zero-order valence-electron chi connectivity index (χ0n) is 11.3. The van der Waals surface area contributed by atoms with Crippen LogP contribution >= 0.6 is 0 Å². The molecule has 1 aliphatic heterocycles. The van der Waals surface area contributed by atoms with Crippen molar-refractivity contribution in [2.45, 2.75) is 12.5 Å². The molecule has 1 heterocycles. The SMILES string of the molecule is CC1(c2ccccc2)C(=O)NC(=O)N1CCS(C)(=O)=O. The summed E-state index contributed by atoms with van der Waals surface area (Å²) in [5, 5.41) is 2.25. The zero-order chi connectivity index (χ0) is 15.0. The largest absolute Gasteiger partial charge is 0.325 e. The zero-order valence-corrected chi connectivity index (χ0v) is 12.1. The number of sulfone groups is 1. The third kappa shape index (κ3) is 2.53. The minimum Gasteiger partial charge on any atom is -0.305 e. The smallest absolute Gasteiger partial charge is 0.305 e. The van der Waals surface area contributed by atoms with E-state index >= 15 is 0 Å². The Hall–Kier alpha value is -1.89. The van der Waals surface area contributed by atoms with Crippen molar-refractivity contribution in [3.05, 3.63) is 35.9 Å². The number of carbonyl (C=O) groups excluding carboxylic acids is 2. The Bertz CT molecular complexity index is 642. The number of carbonyl (C=O) groups is 2. The monoisotopic (exact) mass is 296 g/mol. The lowest BCUT2D eigenvalue weighted by Gasteiger charge is -2.32. The predicted octanol–water partition coefficient (Wildman–Crippen LogP) is 0.498. The first-order valence-electron chi connectivity index (χ1n) is 6.11. The fraction of sp³-hybridized carbons (Fsp3) is 0.385. The van der Waals surface area contributed by atoms with Crippen molar-refractivity contribution in [3.8, 4) is 0 Å². The topological polar surface area (TPSA) is 83.6 Å². The number of amides is 3. The Balaban J connectivity index is 2.37. The molecule has 1 aromatic rings. The number of rotatable bonds is 4. The lowest BCUT2D eigenvalue weighted by Crippen LogP contribution is -2.46. The number of hydrogen-bond acceptors (Lipinski definition) is 4. The second-order valence-corrected chi connectivity index (χ2v) is 7.24. The van der Waals surface area contributed by atoms with Gasteiger partial charge in [-0.3, -0.25) is 10.1 Å². The van der Waals surface area contributed by atoms with Gasteiger partial charge in [-0.25, -0.2) is 13.2 Å². The van der Waals surface area contributed by atoms with Crippen LogP contribution in [-0.2, 0) is 20.2 Å². The van der Waals surface area contributed by atoms with Crippen LogP contribution in [0, 0.1) is 0 Å². The van der Waals surface area contributed by atoms with Crippen LogP contribution in [0.4, 0.5) is 4.79 Å². The van der Waals surface area contributed by atoms with Crippen molar-refractivity contribution in [1.29, 1.82) is 0 Å². The maximum Gasteiger partial charge on any atom is 0.325 e. The number of nitrogens with zero attached hydrogens (tertiary/aromatic N) is 1. The molecule has 0 saturated carbocycles. The molecule has 0 radical (unpaired) electrons. The van der Waals surface area contributed by atoms with Gasteiger partial charge in [0.1, 0.15) is 15.4 Å². The van der Waals surface area contributed by atoms with Crippen LogP contribution in [0.2, 0.25) is 0 Å². The minimum absolute atomic E-state index is 0.0260. The lowest BCUT2D eigenvalue weighted by molar-refractivity contribution is -0.126. The molecule has 0 aromatic heterocycles. The van der Waals surface area contributed by atoms with Gasteiger partial charge in [-0.2, -0.15) is 0 Å². The second kappa shape index (κ2) is 4.90. The van der Waals surface area contributed by atoms with E-state index in [1.807, 2.05) is 6.07 Å². The van der Waals surface area contributed by atoms with Crippen LogP contribution in [0.25, 0.3) is 0 Å². The molecular formula is C13H16N2O4S. The molecule has 1 fully saturated rings. The number of hydrogen-bond donors (Lipinski definition) is 1. The van der Waals surface area contributed by atoms with Crippen molar-refractivity contribution in [2.75, 3.05) is 18.6 Å². The fourth-order valence-electron chi connectivity index (χ4n) is 2.24. The molecule has 1 atom stereocenters. The van der Waals surface area contributed by atoms with E-state index in [-0.39, 0.29) is 12.3 Å². The van der Waals surface area contributed by atoms with Crippen molar-refractivity contribution in [2.24, 2.45) is 0 Å². The van der Waals surface area contributed by atoms with Gasteiger partial charge in [0.15, 0.2) is 0 Å². The van der Waals surface area contributed by atoms with E-state index in [1.54, 1.807) is 31.2 Å². The summed E-state index contributed by atoms with van der Waals surface area (Å²) in [6.45, 7) is 1.59. The summed E-state index contributed by atoms with van der Waals surface area (Å²) in [6.07, 6.45) is 1.10. The first-order chi connectivity index (χ1) is 9.25. The third-order valence-electron chi connectivity index (χ3n) is 3.47. The molecule has 7 heteroatoms. The van der Waals surface area contributed by atoms with Crippen LogP contribution in [0.15, 0.2) is 30.3 Å². The summed E-state index contributed by atoms with van der Waals surface area (Å²) >= 11 is 0. The quantitative estimate of drug-likeness (QED) is 0.820. The molecule has 3 amide bonds. The molecule has 20 heavy (non-hydrogen) atoms. The highest BCUT2D eigenvalue weighted by Crippen LogP contribution is 2.32. The van der Waals surface area contributed by atoms with E-state index in [4.69, 9.17) is 0 Å². The van der Waals surface area contributed by atoms with Gasteiger partial charge in [0.05, 0.1) is 5.75 Å². The maximum atomic E-state index is 12.1. The molecule has 1 aromatic carbocycles. The highest BCUT2D eigenvalue weighted by atomic mass is 32.2. The van der Waals surface area contributed by atoms with E-state index in [1.165, 1.54) is 4.90 Å². The molecule has 1 unspecified atom stereocenters. The highest BCUT2D eigenvalue weighted by molar-refractivity contribution is 7.90.